The summed E-state index contributed by atoms with van der Waals surface area (Å²) in [5, 5.41) is 2.63. The van der Waals surface area contributed by atoms with Crippen molar-refractivity contribution in [1.82, 2.24) is 0 Å². The molecule has 0 amide bonds. The van der Waals surface area contributed by atoms with Gasteiger partial charge in [0.05, 0.1) is 21.8 Å². The molecule has 3 atom stereocenters. The molecule has 3 unspecified atom stereocenters. The molecule has 0 saturated heterocycles. The van der Waals surface area contributed by atoms with Crippen LogP contribution in [0.4, 0.5) is 17.1 Å². The topological polar surface area (TPSA) is 3.24 Å². The lowest BCUT2D eigenvalue weighted by atomic mass is 9.67. The van der Waals surface area contributed by atoms with E-state index in [1.54, 1.807) is 5.56 Å². The predicted molar refractivity (Wildman–Crippen MR) is 242 cm³/mol. The van der Waals surface area contributed by atoms with Crippen LogP contribution in [0.25, 0.3) is 64.7 Å². The quantitative estimate of drug-likeness (QED) is 0.164. The number of fused-ring (bicyclic) bond motifs is 11. The Morgan fingerprint density at radius 3 is 1.81 bits per heavy atom. The van der Waals surface area contributed by atoms with E-state index in [9.17, 15) is 0 Å². The number of rotatable bonds is 6. The monoisotopic (exact) mass is 747 g/mol. The van der Waals surface area contributed by atoms with E-state index in [4.69, 9.17) is 0 Å². The van der Waals surface area contributed by atoms with Crippen LogP contribution in [0, 0.1) is 11.8 Å². The fourth-order valence-corrected chi connectivity index (χ4v) is 12.5. The van der Waals surface area contributed by atoms with Gasteiger partial charge in [-0.05, 0) is 99.9 Å². The van der Waals surface area contributed by atoms with Gasteiger partial charge in [-0.1, -0.05) is 170 Å². The molecule has 12 rings (SSSR count). The third-order valence-corrected chi connectivity index (χ3v) is 14.8. The Hall–Kier alpha value is -6.22. The Bertz CT molecular complexity index is 3010. The fourth-order valence-electron chi connectivity index (χ4n) is 11.3. The highest BCUT2D eigenvalue weighted by Crippen LogP contribution is 2.67. The van der Waals surface area contributed by atoms with Gasteiger partial charge in [-0.2, -0.15) is 0 Å². The summed E-state index contributed by atoms with van der Waals surface area (Å²) in [6, 6.07) is 70.4. The number of para-hydroxylation sites is 1. The average molecular weight is 748 g/mol. The Morgan fingerprint density at radius 2 is 1.02 bits per heavy atom. The zero-order valence-electron chi connectivity index (χ0n) is 31.7. The average Bonchev–Trinajstić information content (AvgIpc) is 4.06. The molecule has 3 aliphatic rings. The van der Waals surface area contributed by atoms with Gasteiger partial charge in [-0.25, -0.2) is 0 Å². The van der Waals surface area contributed by atoms with Gasteiger partial charge in [0.25, 0.3) is 0 Å². The molecule has 2 fully saturated rings. The number of hydrogen-bond acceptors (Lipinski definition) is 2. The van der Waals surface area contributed by atoms with Crippen molar-refractivity contribution in [2.45, 2.75) is 31.1 Å². The first kappa shape index (κ1) is 33.0. The van der Waals surface area contributed by atoms with Crippen molar-refractivity contribution in [1.29, 1.82) is 0 Å². The molecule has 272 valence electrons. The van der Waals surface area contributed by atoms with E-state index in [2.05, 4.69) is 193 Å². The minimum absolute atomic E-state index is 0.0907. The van der Waals surface area contributed by atoms with Crippen LogP contribution in [-0.2, 0) is 5.41 Å². The summed E-state index contributed by atoms with van der Waals surface area (Å²) >= 11 is 1.91. The maximum Gasteiger partial charge on any atom is 0.0640 e. The van der Waals surface area contributed by atoms with Crippen molar-refractivity contribution in [3.8, 4) is 44.5 Å². The van der Waals surface area contributed by atoms with Gasteiger partial charge in [0.2, 0.25) is 0 Å². The summed E-state index contributed by atoms with van der Waals surface area (Å²) in [6.45, 7) is 0. The molecule has 57 heavy (non-hydrogen) atoms. The van der Waals surface area contributed by atoms with Crippen molar-refractivity contribution in [3.63, 3.8) is 0 Å². The molecule has 8 aromatic carbocycles. The SMILES string of the molecule is c1ccc(-c2ccccc2-c2ccccc2-c2ccccc2N(c2cccc3c2-c2ccccc2C32CC3CCC2C3)c2cccc3c2sc2ccccc23)cc1. The lowest BCUT2D eigenvalue weighted by Gasteiger charge is -2.37. The smallest absolute Gasteiger partial charge is 0.0640 e. The zero-order valence-corrected chi connectivity index (χ0v) is 32.6. The van der Waals surface area contributed by atoms with E-state index in [0.717, 1.165) is 5.92 Å². The molecule has 0 N–H and O–H groups in total. The molecule has 1 spiro atoms. The summed E-state index contributed by atoms with van der Waals surface area (Å²) in [5.74, 6) is 1.51. The molecule has 0 aliphatic heterocycles. The van der Waals surface area contributed by atoms with Crippen LogP contribution in [0.2, 0.25) is 0 Å². The standard InChI is InChI=1S/C55H41NS/c1-2-16-37(17-3-1)39-18-4-5-19-40(39)41-20-6-7-21-42(41)43-22-9-12-28-49(43)56(51-30-14-25-45-44-23-10-13-31-52(44)57-54(45)51)50-29-15-27-48-53(50)46-24-8-11-26-47(46)55(48)35-36-32-33-38(55)34-36/h1-31,36,38H,32-35H2. The number of hydrogen-bond donors (Lipinski definition) is 0. The third-order valence-electron chi connectivity index (χ3n) is 13.6. The highest BCUT2D eigenvalue weighted by molar-refractivity contribution is 7.26. The Kier molecular flexibility index (Phi) is 7.47. The summed E-state index contributed by atoms with van der Waals surface area (Å²) in [6.07, 6.45) is 5.33. The molecule has 2 heteroatoms. The summed E-state index contributed by atoms with van der Waals surface area (Å²) in [7, 11) is 0. The second kappa shape index (κ2) is 12.9. The Balaban J connectivity index is 1.15. The van der Waals surface area contributed by atoms with Crippen molar-refractivity contribution < 1.29 is 0 Å². The first-order valence-corrected chi connectivity index (χ1v) is 21.4. The number of thiophene rings is 1. The molecule has 2 saturated carbocycles. The highest BCUT2D eigenvalue weighted by atomic mass is 32.1. The van der Waals surface area contributed by atoms with Gasteiger partial charge in [-0.3, -0.25) is 0 Å². The number of nitrogens with zero attached hydrogens (tertiary/aromatic N) is 1. The van der Waals surface area contributed by atoms with E-state index in [1.165, 1.54) is 113 Å². The van der Waals surface area contributed by atoms with Crippen LogP contribution in [0.1, 0.15) is 36.8 Å². The van der Waals surface area contributed by atoms with Crippen LogP contribution in [0.5, 0.6) is 0 Å². The molecule has 1 heterocycles. The van der Waals surface area contributed by atoms with Crippen molar-refractivity contribution in [2.24, 2.45) is 11.8 Å². The predicted octanol–water partition coefficient (Wildman–Crippen LogP) is 15.6. The second-order valence-electron chi connectivity index (χ2n) is 16.4. The van der Waals surface area contributed by atoms with E-state index >= 15 is 0 Å². The van der Waals surface area contributed by atoms with E-state index in [-0.39, 0.29) is 5.41 Å². The van der Waals surface area contributed by atoms with E-state index in [1.807, 2.05) is 11.3 Å². The van der Waals surface area contributed by atoms with E-state index in [0.29, 0.717) is 5.92 Å². The highest BCUT2D eigenvalue weighted by Gasteiger charge is 2.57. The fraction of sp³-hybridized carbons (Fsp3) is 0.127. The van der Waals surface area contributed by atoms with Crippen LogP contribution in [0.15, 0.2) is 188 Å². The molecule has 2 bridgehead atoms. The Labute approximate surface area is 338 Å². The van der Waals surface area contributed by atoms with Crippen LogP contribution >= 0.6 is 11.3 Å². The van der Waals surface area contributed by atoms with Crippen LogP contribution < -0.4 is 4.90 Å². The van der Waals surface area contributed by atoms with Crippen molar-refractivity contribution in [3.05, 3.63) is 199 Å². The maximum absolute atomic E-state index is 2.63. The first-order chi connectivity index (χ1) is 28.3. The maximum atomic E-state index is 2.63. The van der Waals surface area contributed by atoms with Crippen LogP contribution in [0.3, 0.4) is 0 Å². The third kappa shape index (κ3) is 4.87. The summed E-state index contributed by atoms with van der Waals surface area (Å²) in [5.41, 5.74) is 17.1. The van der Waals surface area contributed by atoms with Gasteiger partial charge in [0.1, 0.15) is 0 Å². The minimum atomic E-state index is 0.0907. The molecule has 0 radical (unpaired) electrons. The van der Waals surface area contributed by atoms with Gasteiger partial charge in [-0.15, -0.1) is 11.3 Å². The first-order valence-electron chi connectivity index (χ1n) is 20.5. The minimum Gasteiger partial charge on any atom is -0.308 e. The van der Waals surface area contributed by atoms with E-state index < -0.39 is 0 Å². The molecular formula is C55H41NS. The molecule has 1 aromatic heterocycles. The summed E-state index contributed by atoms with van der Waals surface area (Å²) in [4.78, 5) is 2.63. The zero-order chi connectivity index (χ0) is 37.5. The lowest BCUT2D eigenvalue weighted by Crippen LogP contribution is -2.31. The number of benzene rings is 8. The molecule has 9 aromatic rings. The van der Waals surface area contributed by atoms with Crippen LogP contribution in [-0.4, -0.2) is 0 Å². The van der Waals surface area contributed by atoms with Crippen molar-refractivity contribution >= 4 is 48.6 Å². The number of anilines is 3. The van der Waals surface area contributed by atoms with Gasteiger partial charge in [0, 0.05) is 32.0 Å². The largest absolute Gasteiger partial charge is 0.308 e. The van der Waals surface area contributed by atoms with Gasteiger partial charge >= 0.3 is 0 Å². The summed E-state index contributed by atoms with van der Waals surface area (Å²) < 4.78 is 2.63. The van der Waals surface area contributed by atoms with Gasteiger partial charge in [0.15, 0.2) is 0 Å². The second-order valence-corrected chi connectivity index (χ2v) is 17.4. The lowest BCUT2D eigenvalue weighted by molar-refractivity contribution is 0.327. The Morgan fingerprint density at radius 1 is 0.439 bits per heavy atom. The molecule has 3 aliphatic carbocycles. The molecule has 1 nitrogen and oxygen atoms in total. The van der Waals surface area contributed by atoms with Gasteiger partial charge < -0.3 is 4.90 Å². The molecular weight excluding hydrogens is 707 g/mol. The van der Waals surface area contributed by atoms with Crippen molar-refractivity contribution in [2.75, 3.05) is 4.90 Å². The normalized spacial score (nSPS) is 19.0.